The molecule has 0 saturated heterocycles. The summed E-state index contributed by atoms with van der Waals surface area (Å²) in [6.45, 7) is 0. The number of hydrogen-bond donors (Lipinski definition) is 2. The van der Waals surface area contributed by atoms with E-state index in [1.165, 1.54) is 30.3 Å². The van der Waals surface area contributed by atoms with Crippen LogP contribution < -0.4 is 5.32 Å². The van der Waals surface area contributed by atoms with Crippen molar-refractivity contribution in [3.05, 3.63) is 58.6 Å². The first-order valence-electron chi connectivity index (χ1n) is 7.88. The van der Waals surface area contributed by atoms with Crippen molar-refractivity contribution in [3.63, 3.8) is 0 Å². The molecule has 160 valence electrons. The van der Waals surface area contributed by atoms with Crippen molar-refractivity contribution in [2.24, 2.45) is 0 Å². The zero-order valence-electron chi connectivity index (χ0n) is 14.6. The summed E-state index contributed by atoms with van der Waals surface area (Å²) < 4.78 is 79.4. The second kappa shape index (κ2) is 8.75. The van der Waals surface area contributed by atoms with Crippen LogP contribution in [0.3, 0.4) is 0 Å². The maximum atomic E-state index is 13.4. The van der Waals surface area contributed by atoms with Crippen molar-refractivity contribution < 1.29 is 36.2 Å². The normalized spacial score (nSPS) is 14.0. The maximum absolute atomic E-state index is 13.4. The number of nitrogens with zero attached hydrogens (tertiary/aromatic N) is 1. The number of alkyl halides is 6. The van der Waals surface area contributed by atoms with Crippen LogP contribution in [0.25, 0.3) is 0 Å². The highest BCUT2D eigenvalue weighted by atomic mass is 35.5. The minimum atomic E-state index is -5.42. The molecular formula is C18H11ClF6N2O2S. The van der Waals surface area contributed by atoms with E-state index in [0.29, 0.717) is 28.9 Å². The van der Waals surface area contributed by atoms with Gasteiger partial charge in [0.25, 0.3) is 5.91 Å². The molecule has 0 aliphatic rings. The predicted molar refractivity (Wildman–Crippen MR) is 98.0 cm³/mol. The van der Waals surface area contributed by atoms with Crippen LogP contribution >= 0.6 is 23.4 Å². The molecule has 1 unspecified atom stereocenters. The van der Waals surface area contributed by atoms with Gasteiger partial charge >= 0.3 is 12.4 Å². The van der Waals surface area contributed by atoms with Crippen molar-refractivity contribution in [1.29, 1.82) is 5.26 Å². The highest BCUT2D eigenvalue weighted by Crippen LogP contribution is 2.38. The fraction of sp³-hybridized carbons (Fsp3) is 0.222. The maximum Gasteiger partial charge on any atom is 0.427 e. The number of carbonyl (C=O) groups excluding carboxylic acids is 1. The summed E-state index contributed by atoms with van der Waals surface area (Å²) in [5.41, 5.74) is -6.77. The fourth-order valence-electron chi connectivity index (χ4n) is 2.18. The van der Waals surface area contributed by atoms with E-state index in [-0.39, 0.29) is 4.90 Å². The summed E-state index contributed by atoms with van der Waals surface area (Å²) in [6, 6.07) is 8.69. The lowest BCUT2D eigenvalue weighted by Gasteiger charge is -2.29. The molecule has 0 heterocycles. The number of rotatable bonds is 5. The molecule has 0 bridgehead atoms. The molecule has 0 fully saturated rings. The van der Waals surface area contributed by atoms with E-state index >= 15 is 0 Å². The van der Waals surface area contributed by atoms with Gasteiger partial charge < -0.3 is 10.4 Å². The average molecular weight is 469 g/mol. The lowest BCUT2D eigenvalue weighted by Crippen LogP contribution is -2.56. The molecule has 0 aromatic heterocycles. The molecule has 1 atom stereocenters. The number of aliphatic hydroxyl groups is 1. The van der Waals surface area contributed by atoms with Gasteiger partial charge in [-0.1, -0.05) is 11.6 Å². The van der Waals surface area contributed by atoms with E-state index in [9.17, 15) is 36.2 Å². The standard InChI is InChI=1S/C18H11ClF6N2O2S/c19-11-2-5-13(6-3-11)30-9-16(29,18(23,24)25)15(28)27-12-4-1-10(8-26)14(7-12)17(20,21)22/h1-7,29H,9H2,(H,27,28). The third-order valence-electron chi connectivity index (χ3n) is 3.81. The van der Waals surface area contributed by atoms with Crippen LogP contribution in [0.2, 0.25) is 5.02 Å². The summed E-state index contributed by atoms with van der Waals surface area (Å²) in [5.74, 6) is -3.12. The van der Waals surface area contributed by atoms with Gasteiger partial charge in [-0.3, -0.25) is 4.79 Å². The number of thioether (sulfide) groups is 1. The van der Waals surface area contributed by atoms with Crippen LogP contribution in [0.15, 0.2) is 47.4 Å². The first kappa shape index (κ1) is 23.9. The molecule has 0 aliphatic heterocycles. The van der Waals surface area contributed by atoms with Crippen molar-refractivity contribution in [2.75, 3.05) is 11.1 Å². The molecule has 2 N–H and O–H groups in total. The summed E-state index contributed by atoms with van der Waals surface area (Å²) in [7, 11) is 0. The number of benzene rings is 2. The zero-order chi connectivity index (χ0) is 22.7. The lowest BCUT2D eigenvalue weighted by molar-refractivity contribution is -0.240. The fourth-order valence-corrected chi connectivity index (χ4v) is 3.31. The highest BCUT2D eigenvalue weighted by molar-refractivity contribution is 7.99. The molecule has 30 heavy (non-hydrogen) atoms. The van der Waals surface area contributed by atoms with Gasteiger partial charge in [0.05, 0.1) is 17.2 Å². The summed E-state index contributed by atoms with van der Waals surface area (Å²) in [6.07, 6.45) is -10.4. The predicted octanol–water partition coefficient (Wildman–Crippen LogP) is 5.25. The van der Waals surface area contributed by atoms with Gasteiger partial charge in [-0.05, 0) is 42.5 Å². The molecule has 12 heteroatoms. The summed E-state index contributed by atoms with van der Waals surface area (Å²) in [4.78, 5) is 12.5. The highest BCUT2D eigenvalue weighted by Gasteiger charge is 2.59. The number of carbonyl (C=O) groups is 1. The second-order valence-corrected chi connectivity index (χ2v) is 7.41. The Kier molecular flexibility index (Phi) is 6.96. The first-order valence-corrected chi connectivity index (χ1v) is 9.24. The topological polar surface area (TPSA) is 73.1 Å². The van der Waals surface area contributed by atoms with Crippen LogP contribution in [0, 0.1) is 11.3 Å². The Morgan fingerprint density at radius 1 is 1.10 bits per heavy atom. The molecule has 1 amide bonds. The third-order valence-corrected chi connectivity index (χ3v) is 5.23. The Morgan fingerprint density at radius 2 is 1.70 bits per heavy atom. The van der Waals surface area contributed by atoms with E-state index in [1.54, 1.807) is 5.32 Å². The number of amides is 1. The summed E-state index contributed by atoms with van der Waals surface area (Å²) >= 11 is 6.18. The van der Waals surface area contributed by atoms with Gasteiger partial charge in [-0.15, -0.1) is 11.8 Å². The van der Waals surface area contributed by atoms with Crippen LogP contribution in [0.4, 0.5) is 32.0 Å². The molecule has 4 nitrogen and oxygen atoms in total. The minimum absolute atomic E-state index is 0.271. The number of nitrogens with one attached hydrogen (secondary N) is 1. The zero-order valence-corrected chi connectivity index (χ0v) is 16.2. The van der Waals surface area contributed by atoms with E-state index < -0.39 is 46.4 Å². The first-order chi connectivity index (χ1) is 13.8. The smallest absolute Gasteiger partial charge is 0.372 e. The van der Waals surface area contributed by atoms with Crippen molar-refractivity contribution >= 4 is 35.0 Å². The van der Waals surface area contributed by atoms with E-state index in [0.717, 1.165) is 6.07 Å². The van der Waals surface area contributed by atoms with Crippen LogP contribution in [-0.2, 0) is 11.0 Å². The molecule has 0 radical (unpaired) electrons. The van der Waals surface area contributed by atoms with Crippen molar-refractivity contribution in [3.8, 4) is 6.07 Å². The molecule has 0 aliphatic carbocycles. The van der Waals surface area contributed by atoms with Crippen LogP contribution in [0.5, 0.6) is 0 Å². The van der Waals surface area contributed by atoms with Crippen LogP contribution in [-0.4, -0.2) is 28.5 Å². The Hall–Kier alpha value is -2.42. The summed E-state index contributed by atoms with van der Waals surface area (Å²) in [5, 5.41) is 20.8. The molecule has 0 spiro atoms. The molecule has 0 saturated carbocycles. The number of hydrogen-bond acceptors (Lipinski definition) is 4. The lowest BCUT2D eigenvalue weighted by atomic mass is 10.0. The van der Waals surface area contributed by atoms with Crippen molar-refractivity contribution in [2.45, 2.75) is 22.8 Å². The number of anilines is 1. The molecule has 2 rings (SSSR count). The Morgan fingerprint density at radius 3 is 2.20 bits per heavy atom. The van der Waals surface area contributed by atoms with Gasteiger partial charge in [-0.25, -0.2) is 0 Å². The Labute approximate surface area is 175 Å². The largest absolute Gasteiger partial charge is 0.427 e. The van der Waals surface area contributed by atoms with Gasteiger partial charge in [0.15, 0.2) is 0 Å². The molecule has 2 aromatic carbocycles. The Bertz CT molecular complexity index is 973. The van der Waals surface area contributed by atoms with Gasteiger partial charge in [0.2, 0.25) is 5.60 Å². The van der Waals surface area contributed by atoms with E-state index in [2.05, 4.69) is 0 Å². The SMILES string of the molecule is N#Cc1ccc(NC(=O)C(O)(CSc2ccc(Cl)cc2)C(F)(F)F)cc1C(F)(F)F. The number of halogens is 7. The van der Waals surface area contributed by atoms with E-state index in [1.807, 2.05) is 0 Å². The second-order valence-electron chi connectivity index (χ2n) is 5.92. The van der Waals surface area contributed by atoms with Gasteiger partial charge in [0.1, 0.15) is 0 Å². The monoisotopic (exact) mass is 468 g/mol. The van der Waals surface area contributed by atoms with E-state index in [4.69, 9.17) is 16.9 Å². The van der Waals surface area contributed by atoms with Gasteiger partial charge in [0, 0.05) is 21.4 Å². The third kappa shape index (κ3) is 5.38. The van der Waals surface area contributed by atoms with Crippen LogP contribution in [0.1, 0.15) is 11.1 Å². The van der Waals surface area contributed by atoms with Crippen molar-refractivity contribution in [1.82, 2.24) is 0 Å². The number of nitriles is 1. The minimum Gasteiger partial charge on any atom is -0.372 e. The molecule has 2 aromatic rings. The van der Waals surface area contributed by atoms with Gasteiger partial charge in [-0.2, -0.15) is 31.6 Å². The average Bonchev–Trinajstić information content (AvgIpc) is 2.65. The quantitative estimate of drug-likeness (QED) is 0.464. The Balaban J connectivity index is 2.29. The molecular weight excluding hydrogens is 458 g/mol.